The van der Waals surface area contributed by atoms with Crippen LogP contribution in [0.15, 0.2) is 35.9 Å². The number of ether oxygens (including phenoxy) is 3. The Labute approximate surface area is 174 Å². The first kappa shape index (κ1) is 24.8. The van der Waals surface area contributed by atoms with E-state index in [4.69, 9.17) is 14.2 Å². The lowest BCUT2D eigenvalue weighted by atomic mass is 10.1. The molecule has 0 spiro atoms. The van der Waals surface area contributed by atoms with Crippen LogP contribution in [-0.2, 0) is 20.0 Å². The largest absolute Gasteiger partial charge is 0.497 e. The number of methoxy groups -OCH3 is 1. The Kier molecular flexibility index (Phi) is 10.3. The Bertz CT molecular complexity index is 639. The van der Waals surface area contributed by atoms with E-state index in [-0.39, 0.29) is 6.79 Å². The number of hydrogen-bond donors (Lipinski definition) is 1. The van der Waals surface area contributed by atoms with Crippen LogP contribution >= 0.6 is 11.8 Å². The van der Waals surface area contributed by atoms with E-state index in [9.17, 15) is 9.90 Å². The lowest BCUT2D eigenvalue weighted by Gasteiger charge is -2.22. The van der Waals surface area contributed by atoms with Crippen molar-refractivity contribution >= 4 is 25.8 Å². The van der Waals surface area contributed by atoms with Gasteiger partial charge in [0, 0.05) is 20.4 Å². The molecule has 28 heavy (non-hydrogen) atoms. The normalized spacial score (nSPS) is 14.6. The maximum atomic E-state index is 11.8. The van der Waals surface area contributed by atoms with E-state index >= 15 is 0 Å². The molecule has 0 aliphatic carbocycles. The minimum Gasteiger partial charge on any atom is -0.497 e. The van der Waals surface area contributed by atoms with Crippen LogP contribution in [-0.4, -0.2) is 51.0 Å². The highest BCUT2D eigenvalue weighted by Gasteiger charge is 2.31. The van der Waals surface area contributed by atoms with Crippen LogP contribution in [0.5, 0.6) is 5.75 Å². The Morgan fingerprint density at radius 2 is 1.86 bits per heavy atom. The maximum Gasteiger partial charge on any atom is 0.323 e. The fraction of sp³-hybridized carbons (Fsp3) is 0.571. The topological polar surface area (TPSA) is 65.0 Å². The molecule has 1 aromatic rings. The third kappa shape index (κ3) is 9.77. The van der Waals surface area contributed by atoms with Crippen molar-refractivity contribution in [2.24, 2.45) is 0 Å². The van der Waals surface area contributed by atoms with E-state index in [0.29, 0.717) is 19.0 Å². The fourth-order valence-corrected chi connectivity index (χ4v) is 4.15. The third-order valence-electron chi connectivity index (χ3n) is 4.14. The van der Waals surface area contributed by atoms with Crippen LogP contribution in [0.3, 0.4) is 0 Å². The van der Waals surface area contributed by atoms with E-state index in [2.05, 4.69) is 19.6 Å². The molecule has 0 bridgehead atoms. The number of aliphatic carboxylic acids is 1. The van der Waals surface area contributed by atoms with Crippen molar-refractivity contribution in [2.75, 3.05) is 27.1 Å². The molecule has 0 unspecified atom stereocenters. The third-order valence-corrected chi connectivity index (χ3v) is 7.21. The number of carbonyl (C=O) groups is 1. The predicted molar refractivity (Wildman–Crippen MR) is 119 cm³/mol. The SMILES string of the molecule is COc1ccc(CS[C@@](C)(/C=C(\C)COCOCC[Si](C)(C)C)C(=O)O)cc1. The van der Waals surface area contributed by atoms with E-state index in [1.165, 1.54) is 11.8 Å². The van der Waals surface area contributed by atoms with Gasteiger partial charge in [0.15, 0.2) is 0 Å². The zero-order chi connectivity index (χ0) is 21.2. The van der Waals surface area contributed by atoms with Gasteiger partial charge in [-0.25, -0.2) is 0 Å². The molecule has 0 amide bonds. The second-order valence-corrected chi connectivity index (χ2v) is 15.3. The second kappa shape index (κ2) is 11.7. The smallest absolute Gasteiger partial charge is 0.323 e. The quantitative estimate of drug-likeness (QED) is 0.206. The van der Waals surface area contributed by atoms with Gasteiger partial charge in [-0.05, 0) is 43.2 Å². The van der Waals surface area contributed by atoms with Gasteiger partial charge in [0.1, 0.15) is 17.3 Å². The minimum atomic E-state index is -1.09. The monoisotopic (exact) mass is 426 g/mol. The zero-order valence-corrected chi connectivity index (χ0v) is 19.7. The second-order valence-electron chi connectivity index (χ2n) is 8.22. The van der Waals surface area contributed by atoms with Gasteiger partial charge in [-0.15, -0.1) is 11.8 Å². The summed E-state index contributed by atoms with van der Waals surface area (Å²) in [6.07, 6.45) is 1.77. The highest BCUT2D eigenvalue weighted by molar-refractivity contribution is 8.00. The molecule has 158 valence electrons. The van der Waals surface area contributed by atoms with E-state index in [1.54, 1.807) is 20.1 Å². The fourth-order valence-electron chi connectivity index (χ4n) is 2.33. The summed E-state index contributed by atoms with van der Waals surface area (Å²) in [5.41, 5.74) is 1.93. The van der Waals surface area contributed by atoms with Crippen molar-refractivity contribution < 1.29 is 24.1 Å². The molecule has 0 aliphatic heterocycles. The number of hydrogen-bond acceptors (Lipinski definition) is 5. The number of rotatable bonds is 13. The van der Waals surface area contributed by atoms with Crippen LogP contribution in [0.4, 0.5) is 0 Å². The number of thioether (sulfide) groups is 1. The zero-order valence-electron chi connectivity index (χ0n) is 17.9. The van der Waals surface area contributed by atoms with Crippen molar-refractivity contribution in [3.05, 3.63) is 41.5 Å². The molecule has 1 N–H and O–H groups in total. The van der Waals surface area contributed by atoms with E-state index in [0.717, 1.165) is 22.9 Å². The molecule has 0 radical (unpaired) electrons. The van der Waals surface area contributed by atoms with Crippen LogP contribution in [0.2, 0.25) is 25.7 Å². The molecular formula is C21H34O5SSi. The van der Waals surface area contributed by atoms with Gasteiger partial charge in [-0.3, -0.25) is 4.79 Å². The Morgan fingerprint density at radius 3 is 2.39 bits per heavy atom. The molecule has 5 nitrogen and oxygen atoms in total. The van der Waals surface area contributed by atoms with Gasteiger partial charge < -0.3 is 19.3 Å². The molecule has 0 heterocycles. The van der Waals surface area contributed by atoms with E-state index < -0.39 is 18.8 Å². The summed E-state index contributed by atoms with van der Waals surface area (Å²) in [6.45, 7) is 11.8. The molecule has 7 heteroatoms. The Hall–Kier alpha value is -1.28. The van der Waals surface area contributed by atoms with E-state index in [1.807, 2.05) is 31.2 Å². The highest BCUT2D eigenvalue weighted by atomic mass is 32.2. The van der Waals surface area contributed by atoms with Gasteiger partial charge in [-0.1, -0.05) is 37.8 Å². The van der Waals surface area contributed by atoms with Crippen LogP contribution in [0.25, 0.3) is 0 Å². The summed E-state index contributed by atoms with van der Waals surface area (Å²) < 4.78 is 15.2. The van der Waals surface area contributed by atoms with Crippen molar-refractivity contribution in [1.82, 2.24) is 0 Å². The first-order chi connectivity index (χ1) is 13.1. The molecular weight excluding hydrogens is 392 g/mol. The summed E-state index contributed by atoms with van der Waals surface area (Å²) in [5.74, 6) is 0.517. The maximum absolute atomic E-state index is 11.8. The minimum absolute atomic E-state index is 0.235. The first-order valence-electron chi connectivity index (χ1n) is 9.40. The van der Waals surface area contributed by atoms with Crippen molar-refractivity contribution in [1.29, 1.82) is 0 Å². The molecule has 1 rings (SSSR count). The van der Waals surface area contributed by atoms with Crippen LogP contribution in [0, 0.1) is 0 Å². The van der Waals surface area contributed by atoms with Crippen molar-refractivity contribution in [2.45, 2.75) is 50.0 Å². The number of benzene rings is 1. The summed E-state index contributed by atoms with van der Waals surface area (Å²) in [4.78, 5) is 11.8. The van der Waals surface area contributed by atoms with Gasteiger partial charge in [0.05, 0.1) is 13.7 Å². The number of carboxylic acid groups (broad SMARTS) is 1. The number of carboxylic acids is 1. The average Bonchev–Trinajstić information content (AvgIpc) is 2.62. The Morgan fingerprint density at radius 1 is 1.21 bits per heavy atom. The lowest BCUT2D eigenvalue weighted by Crippen LogP contribution is -2.30. The molecule has 0 fully saturated rings. The Balaban J connectivity index is 2.51. The highest BCUT2D eigenvalue weighted by Crippen LogP contribution is 2.32. The molecule has 0 aromatic heterocycles. The van der Waals surface area contributed by atoms with Crippen molar-refractivity contribution in [3.8, 4) is 5.75 Å². The summed E-state index contributed by atoms with van der Waals surface area (Å²) in [6, 6.07) is 8.76. The van der Waals surface area contributed by atoms with Crippen molar-refractivity contribution in [3.63, 3.8) is 0 Å². The summed E-state index contributed by atoms with van der Waals surface area (Å²) in [5, 5.41) is 9.71. The summed E-state index contributed by atoms with van der Waals surface area (Å²) >= 11 is 1.38. The summed E-state index contributed by atoms with van der Waals surface area (Å²) in [7, 11) is 0.530. The van der Waals surface area contributed by atoms with Gasteiger partial charge in [0.2, 0.25) is 0 Å². The predicted octanol–water partition coefficient (Wildman–Crippen LogP) is 5.05. The van der Waals surface area contributed by atoms with Gasteiger partial charge in [-0.2, -0.15) is 0 Å². The first-order valence-corrected chi connectivity index (χ1v) is 14.1. The van der Waals surface area contributed by atoms with Crippen LogP contribution < -0.4 is 4.74 Å². The molecule has 1 aromatic carbocycles. The van der Waals surface area contributed by atoms with Gasteiger partial charge in [0.25, 0.3) is 0 Å². The molecule has 0 saturated heterocycles. The molecule has 0 saturated carbocycles. The average molecular weight is 427 g/mol. The standard InChI is InChI=1S/C21H34O5SSi/c1-17(14-26-16-25-11-12-28(4,5)6)13-21(2,20(22)23)27-15-18-7-9-19(24-3)10-8-18/h7-10,13H,11-12,14-16H2,1-6H3,(H,22,23)/b17-13+/t21-/m0/s1. The van der Waals surface area contributed by atoms with Crippen LogP contribution in [0.1, 0.15) is 19.4 Å². The lowest BCUT2D eigenvalue weighted by molar-refractivity contribution is -0.138. The molecule has 1 atom stereocenters. The molecule has 0 aliphatic rings. The van der Waals surface area contributed by atoms with Gasteiger partial charge >= 0.3 is 5.97 Å².